The van der Waals surface area contributed by atoms with E-state index in [0.717, 1.165) is 0 Å². The summed E-state index contributed by atoms with van der Waals surface area (Å²) >= 11 is 1.57. The molecule has 4 nitrogen and oxygen atoms in total. The van der Waals surface area contributed by atoms with Gasteiger partial charge in [-0.3, -0.25) is 4.79 Å². The summed E-state index contributed by atoms with van der Waals surface area (Å²) in [5.74, 6) is 0.656. The summed E-state index contributed by atoms with van der Waals surface area (Å²) in [6.45, 7) is 2.13. The van der Waals surface area contributed by atoms with Crippen molar-refractivity contribution in [2.45, 2.75) is 18.2 Å². The maximum Gasteiger partial charge on any atom is 0.240 e. The molecule has 0 saturated heterocycles. The summed E-state index contributed by atoms with van der Waals surface area (Å²) < 4.78 is 26.4. The summed E-state index contributed by atoms with van der Waals surface area (Å²) in [6.07, 6.45) is 2.28. The number of rotatable bonds is 7. The smallest absolute Gasteiger partial charge is 0.240 e. The molecule has 6 heteroatoms. The van der Waals surface area contributed by atoms with Crippen LogP contribution in [-0.2, 0) is 10.0 Å². The number of hydrogen-bond acceptors (Lipinski definition) is 4. The van der Waals surface area contributed by atoms with Crippen molar-refractivity contribution in [1.82, 2.24) is 4.72 Å². The summed E-state index contributed by atoms with van der Waals surface area (Å²) in [7, 11) is -3.51. The van der Waals surface area contributed by atoms with Gasteiger partial charge in [-0.2, -0.15) is 11.8 Å². The number of nitrogens with one attached hydrogen (secondary N) is 1. The second kappa shape index (κ2) is 6.92. The maximum absolute atomic E-state index is 11.9. The number of carbonyl (C=O) groups excluding carboxylic acids is 1. The normalized spacial score (nSPS) is 11.4. The monoisotopic (exact) mass is 287 g/mol. The molecule has 0 bridgehead atoms. The summed E-state index contributed by atoms with van der Waals surface area (Å²) in [5.41, 5.74) is 0.435. The van der Waals surface area contributed by atoms with Crippen molar-refractivity contribution in [2.75, 3.05) is 18.6 Å². The first-order chi connectivity index (χ1) is 8.51. The predicted molar refractivity (Wildman–Crippen MR) is 74.6 cm³/mol. The number of benzene rings is 1. The van der Waals surface area contributed by atoms with Gasteiger partial charge in [-0.25, -0.2) is 13.1 Å². The van der Waals surface area contributed by atoms with Crippen LogP contribution in [0.5, 0.6) is 0 Å². The molecule has 0 unspecified atom stereocenters. The van der Waals surface area contributed by atoms with Crippen LogP contribution in [0.4, 0.5) is 0 Å². The Bertz CT molecular complexity index is 512. The van der Waals surface area contributed by atoms with Crippen molar-refractivity contribution in [3.8, 4) is 0 Å². The van der Waals surface area contributed by atoms with E-state index in [9.17, 15) is 13.2 Å². The van der Waals surface area contributed by atoms with Crippen molar-refractivity contribution in [3.63, 3.8) is 0 Å². The molecule has 0 fully saturated rings. The number of hydrogen-bond donors (Lipinski definition) is 1. The molecule has 0 spiro atoms. The minimum atomic E-state index is -3.51. The number of carbonyl (C=O) groups is 1. The average Bonchev–Trinajstić information content (AvgIpc) is 2.38. The number of thioether (sulfide) groups is 1. The van der Waals surface area contributed by atoms with Gasteiger partial charge in [0.1, 0.15) is 0 Å². The van der Waals surface area contributed by atoms with E-state index in [2.05, 4.69) is 4.72 Å². The van der Waals surface area contributed by atoms with E-state index in [1.807, 2.05) is 6.26 Å². The molecule has 0 radical (unpaired) electrons. The number of Topliss-reactive ketones (excluding diaryl/α,β-unsaturated/α-hetero) is 1. The van der Waals surface area contributed by atoms with E-state index in [1.54, 1.807) is 30.8 Å². The summed E-state index contributed by atoms with van der Waals surface area (Å²) in [5, 5.41) is 0. The fraction of sp³-hybridized carbons (Fsp3) is 0.417. The van der Waals surface area contributed by atoms with Gasteiger partial charge < -0.3 is 0 Å². The highest BCUT2D eigenvalue weighted by atomic mass is 32.2. The van der Waals surface area contributed by atoms with Gasteiger partial charge in [-0.15, -0.1) is 0 Å². The minimum Gasteiger partial charge on any atom is -0.294 e. The van der Waals surface area contributed by atoms with Crippen molar-refractivity contribution >= 4 is 27.6 Å². The lowest BCUT2D eigenvalue weighted by atomic mass is 10.1. The molecule has 0 atom stereocenters. The molecule has 1 N–H and O–H groups in total. The van der Waals surface area contributed by atoms with Gasteiger partial charge in [0.25, 0.3) is 0 Å². The van der Waals surface area contributed by atoms with E-state index in [1.165, 1.54) is 12.1 Å². The Morgan fingerprint density at radius 2 is 2.11 bits per heavy atom. The van der Waals surface area contributed by atoms with E-state index < -0.39 is 10.0 Å². The van der Waals surface area contributed by atoms with Crippen LogP contribution in [0.15, 0.2) is 29.2 Å². The molecule has 0 aliphatic heterocycles. The van der Waals surface area contributed by atoms with Crippen LogP contribution in [0.2, 0.25) is 0 Å². The van der Waals surface area contributed by atoms with E-state index in [0.29, 0.717) is 24.3 Å². The quantitative estimate of drug-likeness (QED) is 0.615. The second-order valence-electron chi connectivity index (χ2n) is 3.70. The summed E-state index contributed by atoms with van der Waals surface area (Å²) in [6, 6.07) is 6.14. The lowest BCUT2D eigenvalue weighted by Gasteiger charge is -2.07. The predicted octanol–water partition coefficient (Wildman–Crippen LogP) is 1.92. The van der Waals surface area contributed by atoms with E-state index in [-0.39, 0.29) is 10.7 Å². The maximum atomic E-state index is 11.9. The highest BCUT2D eigenvalue weighted by Crippen LogP contribution is 2.13. The van der Waals surface area contributed by atoms with Crippen LogP contribution in [0.1, 0.15) is 23.7 Å². The third-order valence-electron chi connectivity index (χ3n) is 2.39. The standard InChI is InChI=1S/C12H17NO3S2/c1-3-12(14)10-5-4-6-11(9-10)18(15,16)13-7-8-17-2/h4-6,9,13H,3,7-8H2,1-2H3. The van der Waals surface area contributed by atoms with Crippen LogP contribution >= 0.6 is 11.8 Å². The van der Waals surface area contributed by atoms with Gasteiger partial charge in [0, 0.05) is 24.3 Å². The Morgan fingerprint density at radius 1 is 1.39 bits per heavy atom. The van der Waals surface area contributed by atoms with Crippen molar-refractivity contribution in [2.24, 2.45) is 0 Å². The van der Waals surface area contributed by atoms with Gasteiger partial charge in [0.15, 0.2) is 5.78 Å². The highest BCUT2D eigenvalue weighted by molar-refractivity contribution is 7.98. The third-order valence-corrected chi connectivity index (χ3v) is 4.46. The van der Waals surface area contributed by atoms with Gasteiger partial charge in [0.05, 0.1) is 4.90 Å². The molecule has 18 heavy (non-hydrogen) atoms. The zero-order chi connectivity index (χ0) is 13.6. The Morgan fingerprint density at radius 3 is 2.72 bits per heavy atom. The van der Waals surface area contributed by atoms with Crippen LogP contribution in [0.25, 0.3) is 0 Å². The molecule has 0 saturated carbocycles. The largest absolute Gasteiger partial charge is 0.294 e. The zero-order valence-corrected chi connectivity index (χ0v) is 12.1. The molecule has 1 aromatic rings. The first-order valence-corrected chi connectivity index (χ1v) is 8.51. The molecule has 0 aliphatic carbocycles. The topological polar surface area (TPSA) is 63.2 Å². The van der Waals surface area contributed by atoms with Gasteiger partial charge >= 0.3 is 0 Å². The lowest BCUT2D eigenvalue weighted by molar-refractivity contribution is 0.0988. The van der Waals surface area contributed by atoms with Gasteiger partial charge in [-0.1, -0.05) is 19.1 Å². The Labute approximate surface area is 112 Å². The first-order valence-electron chi connectivity index (χ1n) is 5.63. The highest BCUT2D eigenvalue weighted by Gasteiger charge is 2.14. The summed E-state index contributed by atoms with van der Waals surface area (Å²) in [4.78, 5) is 11.7. The fourth-order valence-corrected chi connectivity index (χ4v) is 2.91. The Hall–Kier alpha value is -0.850. The lowest BCUT2D eigenvalue weighted by Crippen LogP contribution is -2.26. The van der Waals surface area contributed by atoms with Crippen LogP contribution in [0, 0.1) is 0 Å². The van der Waals surface area contributed by atoms with Crippen LogP contribution in [0.3, 0.4) is 0 Å². The van der Waals surface area contributed by atoms with Gasteiger partial charge in [-0.05, 0) is 18.4 Å². The SMILES string of the molecule is CCC(=O)c1cccc(S(=O)(=O)NCCSC)c1. The molecule has 100 valence electrons. The van der Waals surface area contributed by atoms with Crippen LogP contribution in [-0.4, -0.2) is 32.8 Å². The van der Waals surface area contributed by atoms with Gasteiger partial charge in [0.2, 0.25) is 10.0 Å². The zero-order valence-electron chi connectivity index (χ0n) is 10.5. The van der Waals surface area contributed by atoms with Crippen molar-refractivity contribution < 1.29 is 13.2 Å². The van der Waals surface area contributed by atoms with Crippen LogP contribution < -0.4 is 4.72 Å². The van der Waals surface area contributed by atoms with Crippen molar-refractivity contribution in [1.29, 1.82) is 0 Å². The molecule has 1 aromatic carbocycles. The molecule has 0 heterocycles. The minimum absolute atomic E-state index is 0.0591. The number of sulfonamides is 1. The molecular formula is C12H17NO3S2. The number of ketones is 1. The average molecular weight is 287 g/mol. The first kappa shape index (κ1) is 15.2. The fourth-order valence-electron chi connectivity index (χ4n) is 1.40. The third kappa shape index (κ3) is 4.12. The Balaban J connectivity index is 2.92. The molecule has 0 amide bonds. The molecule has 1 rings (SSSR count). The second-order valence-corrected chi connectivity index (χ2v) is 6.45. The Kier molecular flexibility index (Phi) is 5.84. The molecule has 0 aliphatic rings. The molecular weight excluding hydrogens is 270 g/mol. The molecule has 0 aromatic heterocycles. The van der Waals surface area contributed by atoms with Crippen molar-refractivity contribution in [3.05, 3.63) is 29.8 Å². The van der Waals surface area contributed by atoms with E-state index in [4.69, 9.17) is 0 Å². The van der Waals surface area contributed by atoms with E-state index >= 15 is 0 Å².